The highest BCUT2D eigenvalue weighted by molar-refractivity contribution is 5.85. The minimum Gasteiger partial charge on any atom is -0.317 e. The van der Waals surface area contributed by atoms with Crippen molar-refractivity contribution in [3.8, 4) is 0 Å². The number of aryl methyl sites for hydroxylation is 1. The normalized spacial score (nSPS) is 16.3. The van der Waals surface area contributed by atoms with Gasteiger partial charge in [0.25, 0.3) is 0 Å². The van der Waals surface area contributed by atoms with E-state index in [2.05, 4.69) is 5.32 Å². The van der Waals surface area contributed by atoms with Crippen LogP contribution in [0.3, 0.4) is 0 Å². The summed E-state index contributed by atoms with van der Waals surface area (Å²) in [7, 11) is 0. The Kier molecular flexibility index (Phi) is 6.58. The van der Waals surface area contributed by atoms with Crippen molar-refractivity contribution in [2.45, 2.75) is 32.1 Å². The predicted octanol–water partition coefficient (Wildman–Crippen LogP) is 3.71. The van der Waals surface area contributed by atoms with Gasteiger partial charge in [0.05, 0.1) is 0 Å². The van der Waals surface area contributed by atoms with Crippen molar-refractivity contribution in [2.75, 3.05) is 13.1 Å². The zero-order chi connectivity index (χ0) is 12.1. The highest BCUT2D eigenvalue weighted by atomic mass is 35.5. The van der Waals surface area contributed by atoms with E-state index in [1.54, 1.807) is 0 Å². The molecule has 0 aromatic heterocycles. The Morgan fingerprint density at radius 3 is 2.28 bits per heavy atom. The van der Waals surface area contributed by atoms with Crippen LogP contribution in [-0.4, -0.2) is 13.1 Å². The maximum absolute atomic E-state index is 13.0. The SMILES string of the molecule is Cl.Fc1cc(F)cc(CCCC2CCNCC2)c1. The zero-order valence-corrected chi connectivity index (χ0v) is 11.2. The highest BCUT2D eigenvalue weighted by Gasteiger charge is 2.12. The second-order valence-corrected chi connectivity index (χ2v) is 4.86. The maximum Gasteiger partial charge on any atom is 0.126 e. The van der Waals surface area contributed by atoms with E-state index in [1.807, 2.05) is 0 Å². The number of piperidine rings is 1. The lowest BCUT2D eigenvalue weighted by atomic mass is 9.91. The van der Waals surface area contributed by atoms with E-state index in [1.165, 1.54) is 31.4 Å². The standard InChI is InChI=1S/C14H19F2N.ClH/c15-13-8-12(9-14(16)10-13)3-1-2-11-4-6-17-7-5-11;/h8-11,17H,1-7H2;1H. The Balaban J connectivity index is 0.00000162. The first kappa shape index (κ1) is 15.4. The summed E-state index contributed by atoms with van der Waals surface area (Å²) in [6, 6.07) is 3.80. The molecule has 1 fully saturated rings. The Hall–Kier alpha value is -0.670. The smallest absolute Gasteiger partial charge is 0.126 e. The summed E-state index contributed by atoms with van der Waals surface area (Å²) in [6.07, 6.45) is 5.43. The lowest BCUT2D eigenvalue weighted by Crippen LogP contribution is -2.27. The molecule has 1 aromatic carbocycles. The minimum absolute atomic E-state index is 0. The summed E-state index contributed by atoms with van der Waals surface area (Å²) >= 11 is 0. The summed E-state index contributed by atoms with van der Waals surface area (Å²) in [5.41, 5.74) is 0.774. The molecule has 0 radical (unpaired) electrons. The lowest BCUT2D eigenvalue weighted by molar-refractivity contribution is 0.347. The van der Waals surface area contributed by atoms with Crippen LogP contribution in [0.15, 0.2) is 18.2 Å². The van der Waals surface area contributed by atoms with Gasteiger partial charge in [-0.05, 0) is 62.4 Å². The summed E-state index contributed by atoms with van der Waals surface area (Å²) in [6.45, 7) is 2.22. The van der Waals surface area contributed by atoms with E-state index in [9.17, 15) is 8.78 Å². The van der Waals surface area contributed by atoms with Crippen LogP contribution in [0.4, 0.5) is 8.78 Å². The fraction of sp³-hybridized carbons (Fsp3) is 0.571. The Labute approximate surface area is 113 Å². The molecule has 18 heavy (non-hydrogen) atoms. The first-order chi connectivity index (χ1) is 8.24. The van der Waals surface area contributed by atoms with Gasteiger partial charge in [0, 0.05) is 6.07 Å². The van der Waals surface area contributed by atoms with E-state index >= 15 is 0 Å². The van der Waals surface area contributed by atoms with Gasteiger partial charge in [0.1, 0.15) is 11.6 Å². The number of benzene rings is 1. The fourth-order valence-corrected chi connectivity index (χ4v) is 2.52. The van der Waals surface area contributed by atoms with Crippen LogP contribution in [0.5, 0.6) is 0 Å². The third-order valence-electron chi connectivity index (χ3n) is 3.46. The van der Waals surface area contributed by atoms with Gasteiger partial charge in [0.15, 0.2) is 0 Å². The second-order valence-electron chi connectivity index (χ2n) is 4.86. The van der Waals surface area contributed by atoms with Gasteiger partial charge < -0.3 is 5.32 Å². The molecule has 1 heterocycles. The Bertz CT molecular complexity index is 345. The monoisotopic (exact) mass is 275 g/mol. The van der Waals surface area contributed by atoms with Crippen molar-refractivity contribution >= 4 is 12.4 Å². The van der Waals surface area contributed by atoms with Crippen molar-refractivity contribution in [1.29, 1.82) is 0 Å². The molecule has 1 aliphatic heterocycles. The first-order valence-corrected chi connectivity index (χ1v) is 6.40. The predicted molar refractivity (Wildman–Crippen MR) is 72.1 cm³/mol. The molecule has 0 saturated carbocycles. The third kappa shape index (κ3) is 4.91. The highest BCUT2D eigenvalue weighted by Crippen LogP contribution is 2.19. The average molecular weight is 276 g/mol. The largest absolute Gasteiger partial charge is 0.317 e. The van der Waals surface area contributed by atoms with Crippen molar-refractivity contribution < 1.29 is 8.78 Å². The van der Waals surface area contributed by atoms with Crippen LogP contribution < -0.4 is 5.32 Å². The van der Waals surface area contributed by atoms with Gasteiger partial charge in [-0.1, -0.05) is 6.42 Å². The number of hydrogen-bond donors (Lipinski definition) is 1. The van der Waals surface area contributed by atoms with E-state index in [4.69, 9.17) is 0 Å². The molecule has 1 saturated heterocycles. The molecule has 0 bridgehead atoms. The molecule has 0 amide bonds. The molecular weight excluding hydrogens is 256 g/mol. The molecule has 0 atom stereocenters. The number of rotatable bonds is 4. The fourth-order valence-electron chi connectivity index (χ4n) is 2.52. The van der Waals surface area contributed by atoms with Crippen molar-refractivity contribution in [3.05, 3.63) is 35.4 Å². The third-order valence-corrected chi connectivity index (χ3v) is 3.46. The van der Waals surface area contributed by atoms with Crippen molar-refractivity contribution in [1.82, 2.24) is 5.32 Å². The van der Waals surface area contributed by atoms with Gasteiger partial charge >= 0.3 is 0 Å². The molecule has 1 nitrogen and oxygen atoms in total. The van der Waals surface area contributed by atoms with Crippen LogP contribution in [-0.2, 0) is 6.42 Å². The van der Waals surface area contributed by atoms with Crippen LogP contribution in [0, 0.1) is 17.6 Å². The van der Waals surface area contributed by atoms with Crippen LogP contribution in [0.2, 0.25) is 0 Å². The molecule has 1 aliphatic rings. The zero-order valence-electron chi connectivity index (χ0n) is 10.4. The molecule has 1 N–H and O–H groups in total. The van der Waals surface area contributed by atoms with E-state index < -0.39 is 11.6 Å². The van der Waals surface area contributed by atoms with Gasteiger partial charge in [0.2, 0.25) is 0 Å². The van der Waals surface area contributed by atoms with Crippen molar-refractivity contribution in [3.63, 3.8) is 0 Å². The van der Waals surface area contributed by atoms with Crippen LogP contribution in [0.1, 0.15) is 31.2 Å². The number of nitrogens with one attached hydrogen (secondary N) is 1. The minimum atomic E-state index is -0.470. The molecule has 4 heteroatoms. The van der Waals surface area contributed by atoms with E-state index in [-0.39, 0.29) is 12.4 Å². The summed E-state index contributed by atoms with van der Waals surface area (Å²) < 4.78 is 25.9. The Morgan fingerprint density at radius 1 is 1.06 bits per heavy atom. The molecule has 2 rings (SSSR count). The molecule has 102 valence electrons. The molecule has 1 aromatic rings. The summed E-state index contributed by atoms with van der Waals surface area (Å²) in [5, 5.41) is 3.34. The van der Waals surface area contributed by atoms with Crippen LogP contribution in [0.25, 0.3) is 0 Å². The van der Waals surface area contributed by atoms with E-state index in [0.29, 0.717) is 0 Å². The quantitative estimate of drug-likeness (QED) is 0.883. The molecular formula is C14H20ClF2N. The lowest BCUT2D eigenvalue weighted by Gasteiger charge is -2.22. The van der Waals surface area contributed by atoms with Crippen molar-refractivity contribution in [2.24, 2.45) is 5.92 Å². The number of hydrogen-bond acceptors (Lipinski definition) is 1. The van der Waals surface area contributed by atoms with Crippen LogP contribution >= 0.6 is 12.4 Å². The molecule has 0 spiro atoms. The topological polar surface area (TPSA) is 12.0 Å². The first-order valence-electron chi connectivity index (χ1n) is 6.40. The van der Waals surface area contributed by atoms with Gasteiger partial charge in [-0.3, -0.25) is 0 Å². The molecule has 0 unspecified atom stereocenters. The van der Waals surface area contributed by atoms with Gasteiger partial charge in [-0.2, -0.15) is 0 Å². The Morgan fingerprint density at radius 2 is 1.67 bits per heavy atom. The second kappa shape index (κ2) is 7.70. The summed E-state index contributed by atoms with van der Waals surface area (Å²) in [5.74, 6) is -0.154. The summed E-state index contributed by atoms with van der Waals surface area (Å²) in [4.78, 5) is 0. The van der Waals surface area contributed by atoms with Gasteiger partial charge in [-0.15, -0.1) is 12.4 Å². The maximum atomic E-state index is 13.0. The molecule has 0 aliphatic carbocycles. The van der Waals surface area contributed by atoms with E-state index in [0.717, 1.165) is 43.5 Å². The average Bonchev–Trinajstić information content (AvgIpc) is 2.29. The van der Waals surface area contributed by atoms with Gasteiger partial charge in [-0.25, -0.2) is 8.78 Å². The number of halogens is 3.